The Morgan fingerprint density at radius 1 is 0.791 bits per heavy atom. The highest BCUT2D eigenvalue weighted by molar-refractivity contribution is 5.94. The van der Waals surface area contributed by atoms with E-state index in [2.05, 4.69) is 52.2 Å². The number of carbonyl (C=O) groups is 5. The number of carbonyl (C=O) groups excluding carboxylic acids is 5. The minimum atomic E-state index is -0.715. The van der Waals surface area contributed by atoms with Crippen molar-refractivity contribution in [3.05, 3.63) is 0 Å². The maximum absolute atomic E-state index is 13.3. The number of esters is 1. The van der Waals surface area contributed by atoms with Gasteiger partial charge in [-0.05, 0) is 61.7 Å². The maximum atomic E-state index is 13.3. The number of hydrogen-bond donors (Lipinski definition) is 3. The zero-order chi connectivity index (χ0) is 33.6. The number of ketones is 2. The van der Waals surface area contributed by atoms with Gasteiger partial charge in [0, 0.05) is 30.7 Å². The zero-order valence-corrected chi connectivity index (χ0v) is 29.1. The predicted octanol–water partition coefficient (Wildman–Crippen LogP) is 6.36. The van der Waals surface area contributed by atoms with Gasteiger partial charge in [-0.2, -0.15) is 0 Å². The van der Waals surface area contributed by atoms with Gasteiger partial charge in [-0.3, -0.25) is 19.2 Å². The van der Waals surface area contributed by atoms with Gasteiger partial charge in [0.1, 0.15) is 5.78 Å². The van der Waals surface area contributed by atoms with Gasteiger partial charge in [0.15, 0.2) is 5.78 Å². The second-order valence-corrected chi connectivity index (χ2v) is 15.9. The number of nitrogens with two attached hydrogens (primary N) is 1. The highest BCUT2D eigenvalue weighted by Gasteiger charge is 2.34. The molecule has 9 nitrogen and oxygen atoms in total. The summed E-state index contributed by atoms with van der Waals surface area (Å²) in [5.41, 5.74) is 4.53. The number of amides is 3. The van der Waals surface area contributed by atoms with Crippen LogP contribution in [0.25, 0.3) is 0 Å². The summed E-state index contributed by atoms with van der Waals surface area (Å²) in [7, 11) is 0. The van der Waals surface area contributed by atoms with Gasteiger partial charge < -0.3 is 21.1 Å². The van der Waals surface area contributed by atoms with Crippen LogP contribution in [0.5, 0.6) is 0 Å². The minimum Gasteiger partial charge on any atom is -0.465 e. The van der Waals surface area contributed by atoms with Crippen LogP contribution in [-0.2, 0) is 23.9 Å². The zero-order valence-electron chi connectivity index (χ0n) is 29.1. The van der Waals surface area contributed by atoms with Crippen LogP contribution in [0.3, 0.4) is 0 Å². The molecule has 43 heavy (non-hydrogen) atoms. The average Bonchev–Trinajstić information content (AvgIpc) is 2.82. The quantitative estimate of drug-likeness (QED) is 0.115. The number of hydrogen-bond acceptors (Lipinski definition) is 6. The number of nitrogens with one attached hydrogen (secondary N) is 2. The SMILES string of the molecule is CC(C)[C@H](CC(=O)CCCCCOC(=O)C(CC(C)(C)C)CC(C)(C)C)C(=O)N[C@@H](CCCNC(N)=O)C(=O)C(C)(C)C. The Hall–Kier alpha value is -2.45. The smallest absolute Gasteiger partial charge is 0.312 e. The molecule has 0 aromatic carbocycles. The van der Waals surface area contributed by atoms with Crippen LogP contribution in [0.4, 0.5) is 4.79 Å². The van der Waals surface area contributed by atoms with E-state index in [1.165, 1.54) is 0 Å². The highest BCUT2D eigenvalue weighted by Crippen LogP contribution is 2.33. The van der Waals surface area contributed by atoms with Gasteiger partial charge in [-0.1, -0.05) is 76.2 Å². The molecule has 0 saturated carbocycles. The van der Waals surface area contributed by atoms with Crippen LogP contribution in [0.2, 0.25) is 0 Å². The molecule has 0 aliphatic heterocycles. The Balaban J connectivity index is 4.88. The molecule has 0 unspecified atom stereocenters. The summed E-state index contributed by atoms with van der Waals surface area (Å²) in [4.78, 5) is 62.9. The summed E-state index contributed by atoms with van der Waals surface area (Å²) in [6.07, 6.45) is 4.95. The third-order valence-corrected chi connectivity index (χ3v) is 7.33. The Kier molecular flexibility index (Phi) is 17.3. The van der Waals surface area contributed by atoms with Crippen molar-refractivity contribution >= 4 is 29.5 Å². The Bertz CT molecular complexity index is 893. The molecule has 0 rings (SSSR count). The molecule has 0 spiro atoms. The van der Waals surface area contributed by atoms with E-state index in [9.17, 15) is 24.0 Å². The molecule has 0 aliphatic carbocycles. The molecule has 0 aromatic rings. The van der Waals surface area contributed by atoms with Crippen LogP contribution in [-0.4, -0.2) is 48.7 Å². The fourth-order valence-electron chi connectivity index (χ4n) is 5.18. The van der Waals surface area contributed by atoms with Crippen molar-refractivity contribution in [1.29, 1.82) is 0 Å². The largest absolute Gasteiger partial charge is 0.465 e. The van der Waals surface area contributed by atoms with E-state index in [0.29, 0.717) is 45.3 Å². The molecular weight excluding hydrogens is 546 g/mol. The number of unbranched alkanes of at least 4 members (excludes halogenated alkanes) is 2. The van der Waals surface area contributed by atoms with Crippen molar-refractivity contribution in [2.24, 2.45) is 39.7 Å². The van der Waals surface area contributed by atoms with Crippen LogP contribution >= 0.6 is 0 Å². The molecule has 250 valence electrons. The molecule has 0 aromatic heterocycles. The van der Waals surface area contributed by atoms with E-state index in [4.69, 9.17) is 10.5 Å². The van der Waals surface area contributed by atoms with Crippen molar-refractivity contribution in [3.63, 3.8) is 0 Å². The van der Waals surface area contributed by atoms with Crippen LogP contribution in [0.15, 0.2) is 0 Å². The van der Waals surface area contributed by atoms with Crippen LogP contribution in [0, 0.1) is 34.0 Å². The minimum absolute atomic E-state index is 0.00520. The Labute approximate surface area is 261 Å². The van der Waals surface area contributed by atoms with Crippen molar-refractivity contribution in [2.75, 3.05) is 13.2 Å². The lowest BCUT2D eigenvalue weighted by atomic mass is 9.77. The topological polar surface area (TPSA) is 145 Å². The number of rotatable bonds is 19. The average molecular weight is 610 g/mol. The van der Waals surface area contributed by atoms with Gasteiger partial charge in [0.25, 0.3) is 0 Å². The number of ether oxygens (including phenoxy) is 1. The molecule has 3 amide bonds. The summed E-state index contributed by atoms with van der Waals surface area (Å²) in [6, 6.07) is -1.35. The van der Waals surface area contributed by atoms with E-state index < -0.39 is 23.4 Å². The molecule has 0 heterocycles. The predicted molar refractivity (Wildman–Crippen MR) is 172 cm³/mol. The third-order valence-electron chi connectivity index (χ3n) is 7.33. The number of Topliss-reactive ketones (excluding diaryl/α,β-unsaturated/α-hetero) is 2. The normalized spacial score (nSPS) is 13.9. The summed E-state index contributed by atoms with van der Waals surface area (Å²) >= 11 is 0. The molecule has 4 N–H and O–H groups in total. The second kappa shape index (κ2) is 18.4. The summed E-state index contributed by atoms with van der Waals surface area (Å²) in [6.45, 7) is 22.7. The first-order valence-electron chi connectivity index (χ1n) is 16.1. The lowest BCUT2D eigenvalue weighted by Gasteiger charge is -2.29. The van der Waals surface area contributed by atoms with Gasteiger partial charge in [0.05, 0.1) is 18.6 Å². The van der Waals surface area contributed by atoms with E-state index in [1.54, 1.807) is 20.8 Å². The fourth-order valence-corrected chi connectivity index (χ4v) is 5.18. The summed E-state index contributed by atoms with van der Waals surface area (Å²) in [5.74, 6) is -1.30. The molecule has 0 fully saturated rings. The first-order chi connectivity index (χ1) is 19.5. The molecule has 2 atom stereocenters. The van der Waals surface area contributed by atoms with Crippen molar-refractivity contribution in [2.45, 2.75) is 140 Å². The Morgan fingerprint density at radius 3 is 1.81 bits per heavy atom. The molecule has 0 saturated heterocycles. The molecule has 0 bridgehead atoms. The number of primary amides is 1. The third kappa shape index (κ3) is 19.4. The van der Waals surface area contributed by atoms with E-state index in [-0.39, 0.29) is 52.5 Å². The van der Waals surface area contributed by atoms with Crippen molar-refractivity contribution in [1.82, 2.24) is 10.6 Å². The highest BCUT2D eigenvalue weighted by atomic mass is 16.5. The fraction of sp³-hybridized carbons (Fsp3) is 0.853. The second-order valence-electron chi connectivity index (χ2n) is 15.9. The van der Waals surface area contributed by atoms with Crippen LogP contribution < -0.4 is 16.4 Å². The van der Waals surface area contributed by atoms with Gasteiger partial charge in [-0.15, -0.1) is 0 Å². The summed E-state index contributed by atoms with van der Waals surface area (Å²) in [5, 5.41) is 5.40. The van der Waals surface area contributed by atoms with E-state index in [1.807, 2.05) is 13.8 Å². The molecule has 0 aliphatic rings. The number of urea groups is 1. The lowest BCUT2D eigenvalue weighted by molar-refractivity contribution is -0.151. The first kappa shape index (κ1) is 40.5. The monoisotopic (exact) mass is 609 g/mol. The summed E-state index contributed by atoms with van der Waals surface area (Å²) < 4.78 is 5.63. The molecular formula is C34H63N3O6. The van der Waals surface area contributed by atoms with Crippen LogP contribution in [0.1, 0.15) is 134 Å². The standard InChI is InChI=1S/C34H63N3O6/c1-23(2)26(29(40)37-27(28(39)34(9,10)11)17-15-18-36-31(35)42)20-25(38)16-13-12-14-19-43-30(41)24(21-32(3,4)5)22-33(6,7)8/h23-24,26-27H,12-22H2,1-11H3,(H,37,40)(H3,35,36,42)/t26-,27-/m0/s1. The van der Waals surface area contributed by atoms with Gasteiger partial charge >= 0.3 is 12.0 Å². The van der Waals surface area contributed by atoms with Crippen molar-refractivity contribution in [3.8, 4) is 0 Å². The first-order valence-corrected chi connectivity index (χ1v) is 16.1. The van der Waals surface area contributed by atoms with Crippen molar-refractivity contribution < 1.29 is 28.7 Å². The molecule has 0 radical (unpaired) electrons. The van der Waals surface area contributed by atoms with E-state index >= 15 is 0 Å². The lowest BCUT2D eigenvalue weighted by Crippen LogP contribution is -2.48. The molecule has 9 heteroatoms. The Morgan fingerprint density at radius 2 is 1.35 bits per heavy atom. The van der Waals surface area contributed by atoms with Gasteiger partial charge in [-0.25, -0.2) is 4.79 Å². The maximum Gasteiger partial charge on any atom is 0.312 e. The van der Waals surface area contributed by atoms with E-state index in [0.717, 1.165) is 19.3 Å². The van der Waals surface area contributed by atoms with Gasteiger partial charge in [0.2, 0.25) is 5.91 Å².